The fourth-order valence-electron chi connectivity index (χ4n) is 1.57. The number of hydrogen-bond donors (Lipinski definition) is 0. The summed E-state index contributed by atoms with van der Waals surface area (Å²) in [7, 11) is 0. The zero-order valence-electron chi connectivity index (χ0n) is 8.75. The smallest absolute Gasteiger partial charge is 0.223 e. The molecule has 0 N–H and O–H groups in total. The Hall–Kier alpha value is -1.23. The number of terminal acetylenes is 1. The molecule has 0 spiro atoms. The second-order valence-electron chi connectivity index (χ2n) is 3.22. The molecule has 0 unspecified atom stereocenters. The van der Waals surface area contributed by atoms with Crippen LogP contribution < -0.4 is 0 Å². The lowest BCUT2D eigenvalue weighted by atomic mass is 10.2. The second-order valence-corrected chi connectivity index (χ2v) is 3.22. The molecule has 0 aromatic heterocycles. The lowest BCUT2D eigenvalue weighted by molar-refractivity contribution is -0.128. The van der Waals surface area contributed by atoms with Crippen molar-refractivity contribution in [3.8, 4) is 12.3 Å². The average Bonchev–Trinajstić information content (AvgIpc) is 2.50. The van der Waals surface area contributed by atoms with Crippen LogP contribution in [0.3, 0.4) is 0 Å². The van der Waals surface area contributed by atoms with E-state index in [0.29, 0.717) is 6.42 Å². The predicted molar refractivity (Wildman–Crippen MR) is 53.0 cm³/mol. The van der Waals surface area contributed by atoms with E-state index in [2.05, 4.69) is 18.9 Å². The molecular formula is C11H15NO. The summed E-state index contributed by atoms with van der Waals surface area (Å²) in [6.07, 6.45) is 7.20. The first-order chi connectivity index (χ1) is 6.79. The zero-order valence-corrected chi connectivity index (χ0v) is 7.75. The van der Waals surface area contributed by atoms with Crippen LogP contribution in [0.5, 0.6) is 0 Å². The van der Waals surface area contributed by atoms with Gasteiger partial charge in [0.25, 0.3) is 0 Å². The number of unbranched alkanes of at least 4 members (excludes halogenated alkanes) is 1. The summed E-state index contributed by atoms with van der Waals surface area (Å²) < 4.78 is 6.82. The summed E-state index contributed by atoms with van der Waals surface area (Å²) in [6, 6.07) is -0.0233. The van der Waals surface area contributed by atoms with Crippen LogP contribution in [-0.4, -0.2) is 23.4 Å². The predicted octanol–water partition coefficient (Wildman–Crippen LogP) is 1.58. The summed E-state index contributed by atoms with van der Waals surface area (Å²) in [5.74, 6) is 2.92. The van der Waals surface area contributed by atoms with Crippen LogP contribution in [0.15, 0.2) is 12.7 Å². The van der Waals surface area contributed by atoms with Crippen LogP contribution >= 0.6 is 0 Å². The lowest BCUT2D eigenvalue weighted by Crippen LogP contribution is -2.32. The van der Waals surface area contributed by atoms with Gasteiger partial charge in [0.05, 0.1) is 6.04 Å². The van der Waals surface area contributed by atoms with Crippen molar-refractivity contribution in [1.29, 1.82) is 0 Å². The molecule has 1 atom stereocenters. The molecule has 0 aromatic carbocycles. The topological polar surface area (TPSA) is 20.3 Å². The number of hydrogen-bond acceptors (Lipinski definition) is 1. The third-order valence-electron chi connectivity index (χ3n) is 2.30. The Morgan fingerprint density at radius 3 is 3.46 bits per heavy atom. The number of carbonyl (C=O) groups is 1. The maximum atomic E-state index is 11.4. The van der Waals surface area contributed by atoms with Crippen LogP contribution in [0.4, 0.5) is 0 Å². The van der Waals surface area contributed by atoms with Crippen LogP contribution in [0.1, 0.15) is 27.1 Å². The lowest BCUT2D eigenvalue weighted by Gasteiger charge is -2.20. The Labute approximate surface area is 81.0 Å². The van der Waals surface area contributed by atoms with Gasteiger partial charge in [-0.1, -0.05) is 12.0 Å². The summed E-state index contributed by atoms with van der Waals surface area (Å²) in [5, 5.41) is 0. The largest absolute Gasteiger partial charge is 0.329 e. The summed E-state index contributed by atoms with van der Waals surface area (Å²) in [4.78, 5) is 13.2. The first kappa shape index (κ1) is 8.37. The van der Waals surface area contributed by atoms with Gasteiger partial charge in [-0.05, 0) is 19.3 Å². The van der Waals surface area contributed by atoms with E-state index in [9.17, 15) is 4.79 Å². The van der Waals surface area contributed by atoms with Crippen molar-refractivity contribution >= 4 is 5.91 Å². The first-order valence-electron chi connectivity index (χ1n) is 5.12. The molecule has 1 saturated heterocycles. The monoisotopic (exact) mass is 178 g/mol. The van der Waals surface area contributed by atoms with Crippen LogP contribution in [0.25, 0.3) is 0 Å². The quantitative estimate of drug-likeness (QED) is 0.363. The molecular weight excluding hydrogens is 162 g/mol. The van der Waals surface area contributed by atoms with E-state index in [1.54, 1.807) is 4.90 Å². The molecule has 2 heteroatoms. The van der Waals surface area contributed by atoms with Gasteiger partial charge in [0.15, 0.2) is 0 Å². The standard InChI is InChI=1S/C11H15NO/c1-3-5-6-9-12-10(4-2)7-8-11(12)13/h2-3,10H,1,5-9H2/t10-/m1/s1/i2D. The van der Waals surface area contributed by atoms with E-state index in [1.165, 1.54) is 0 Å². The Morgan fingerprint density at radius 1 is 1.92 bits per heavy atom. The van der Waals surface area contributed by atoms with Gasteiger partial charge in [0, 0.05) is 13.0 Å². The van der Waals surface area contributed by atoms with Crippen LogP contribution in [0, 0.1) is 12.3 Å². The van der Waals surface area contributed by atoms with Gasteiger partial charge in [0.1, 0.15) is 1.37 Å². The molecule has 70 valence electrons. The Balaban J connectivity index is 2.47. The minimum atomic E-state index is -0.0233. The molecule has 0 aromatic rings. The van der Waals surface area contributed by atoms with Gasteiger partial charge in [-0.3, -0.25) is 4.79 Å². The number of allylic oxidation sites excluding steroid dienone is 1. The molecule has 2 nitrogen and oxygen atoms in total. The normalized spacial score (nSPS) is 22.2. The first-order valence-corrected chi connectivity index (χ1v) is 4.62. The molecule has 1 amide bonds. The molecule has 0 saturated carbocycles. The van der Waals surface area contributed by atoms with E-state index in [0.717, 1.165) is 25.8 Å². The van der Waals surface area contributed by atoms with Gasteiger partial charge in [-0.2, -0.15) is 0 Å². The van der Waals surface area contributed by atoms with Gasteiger partial charge in [-0.25, -0.2) is 0 Å². The molecule has 1 aliphatic rings. The minimum Gasteiger partial charge on any atom is -0.329 e. The maximum Gasteiger partial charge on any atom is 0.223 e. The highest BCUT2D eigenvalue weighted by molar-refractivity contribution is 5.79. The Bertz CT molecular complexity index is 277. The van der Waals surface area contributed by atoms with Crippen molar-refractivity contribution in [3.63, 3.8) is 0 Å². The Kier molecular flexibility index (Phi) is 3.03. The number of amides is 1. The number of likely N-dealkylation sites (tertiary alicyclic amines) is 1. The molecule has 1 rings (SSSR count). The van der Waals surface area contributed by atoms with E-state index in [4.69, 9.17) is 1.37 Å². The molecule has 13 heavy (non-hydrogen) atoms. The molecule has 1 fully saturated rings. The molecule has 0 bridgehead atoms. The average molecular weight is 178 g/mol. The van der Waals surface area contributed by atoms with Crippen molar-refractivity contribution in [3.05, 3.63) is 12.7 Å². The summed E-state index contributed by atoms with van der Waals surface area (Å²) in [5.41, 5.74) is 0. The third kappa shape index (κ3) is 2.35. The van der Waals surface area contributed by atoms with Crippen LogP contribution in [-0.2, 0) is 4.79 Å². The summed E-state index contributed by atoms with van der Waals surface area (Å²) >= 11 is 0. The summed E-state index contributed by atoms with van der Waals surface area (Å²) in [6.45, 7) is 4.38. The molecule has 0 radical (unpaired) electrons. The molecule has 1 heterocycles. The van der Waals surface area contributed by atoms with Crippen molar-refractivity contribution < 1.29 is 6.17 Å². The van der Waals surface area contributed by atoms with Crippen molar-refractivity contribution in [2.75, 3.05) is 6.54 Å². The highest BCUT2D eigenvalue weighted by atomic mass is 16.2. The number of rotatable bonds is 4. The van der Waals surface area contributed by atoms with E-state index in [-0.39, 0.29) is 11.9 Å². The maximum absolute atomic E-state index is 11.4. The fraction of sp³-hybridized carbons (Fsp3) is 0.545. The SMILES string of the molecule is [2H]C#C[C@@H]1CCC(=O)N1CCCC=C. The van der Waals surface area contributed by atoms with Gasteiger partial charge >= 0.3 is 0 Å². The molecule has 1 aliphatic heterocycles. The fourth-order valence-corrected chi connectivity index (χ4v) is 1.57. The van der Waals surface area contributed by atoms with Crippen molar-refractivity contribution in [2.45, 2.75) is 31.7 Å². The highest BCUT2D eigenvalue weighted by Crippen LogP contribution is 2.18. The van der Waals surface area contributed by atoms with Gasteiger partial charge in [-0.15, -0.1) is 13.0 Å². The minimum absolute atomic E-state index is 0.0233. The van der Waals surface area contributed by atoms with Crippen LogP contribution in [0.2, 0.25) is 0 Å². The zero-order chi connectivity index (χ0) is 10.4. The Morgan fingerprint density at radius 2 is 2.77 bits per heavy atom. The van der Waals surface area contributed by atoms with E-state index < -0.39 is 0 Å². The number of carbonyl (C=O) groups excluding carboxylic acids is 1. The van der Waals surface area contributed by atoms with Gasteiger partial charge < -0.3 is 4.90 Å². The van der Waals surface area contributed by atoms with E-state index >= 15 is 0 Å². The second kappa shape index (κ2) is 4.71. The van der Waals surface area contributed by atoms with Gasteiger partial charge in [0.2, 0.25) is 5.91 Å². The van der Waals surface area contributed by atoms with Crippen molar-refractivity contribution in [2.24, 2.45) is 0 Å². The highest BCUT2D eigenvalue weighted by Gasteiger charge is 2.28. The van der Waals surface area contributed by atoms with Crippen molar-refractivity contribution in [1.82, 2.24) is 4.90 Å². The molecule has 0 aliphatic carbocycles. The van der Waals surface area contributed by atoms with E-state index in [1.807, 2.05) is 6.08 Å². The third-order valence-corrected chi connectivity index (χ3v) is 2.30. The number of nitrogens with zero attached hydrogens (tertiary/aromatic N) is 1.